The van der Waals surface area contributed by atoms with Crippen molar-refractivity contribution in [3.05, 3.63) is 0 Å². The molecule has 20 heavy (non-hydrogen) atoms. The maximum absolute atomic E-state index is 12.1. The molecule has 114 valence electrons. The minimum absolute atomic E-state index is 0.0979. The van der Waals surface area contributed by atoms with E-state index in [-0.39, 0.29) is 30.1 Å². The molecule has 2 saturated carbocycles. The summed E-state index contributed by atoms with van der Waals surface area (Å²) >= 11 is 0. The Bertz CT molecular complexity index is 505. The van der Waals surface area contributed by atoms with Crippen molar-refractivity contribution in [1.82, 2.24) is 4.90 Å². The van der Waals surface area contributed by atoms with E-state index in [4.69, 9.17) is 0 Å². The van der Waals surface area contributed by atoms with E-state index in [0.717, 1.165) is 12.8 Å². The van der Waals surface area contributed by atoms with Crippen molar-refractivity contribution in [1.29, 1.82) is 0 Å². The molecular formula is C13H21NO5S. The molecule has 7 heteroatoms. The van der Waals surface area contributed by atoms with Crippen LogP contribution in [0.5, 0.6) is 0 Å². The summed E-state index contributed by atoms with van der Waals surface area (Å²) in [5.74, 6) is -1.29. The number of rotatable bonds is 7. The molecule has 0 bridgehead atoms. The first-order valence-electron chi connectivity index (χ1n) is 6.80. The molecule has 2 rings (SSSR count). The minimum atomic E-state index is -3.48. The van der Waals surface area contributed by atoms with Gasteiger partial charge in [-0.25, -0.2) is 8.42 Å². The summed E-state index contributed by atoms with van der Waals surface area (Å²) in [5.41, 5.74) is -0.496. The number of nitrogens with zero attached hydrogens (tertiary/aromatic N) is 1. The lowest BCUT2D eigenvalue weighted by Gasteiger charge is -2.18. The number of hydrogen-bond donors (Lipinski definition) is 0. The van der Waals surface area contributed by atoms with E-state index < -0.39 is 21.0 Å². The summed E-state index contributed by atoms with van der Waals surface area (Å²) in [6.07, 6.45) is 3.43. The van der Waals surface area contributed by atoms with Gasteiger partial charge < -0.3 is 9.64 Å². The molecule has 1 amide bonds. The van der Waals surface area contributed by atoms with Gasteiger partial charge in [0.1, 0.15) is 5.75 Å². The van der Waals surface area contributed by atoms with Crippen LogP contribution in [0.25, 0.3) is 0 Å². The normalized spacial score (nSPS) is 20.3. The van der Waals surface area contributed by atoms with E-state index in [1.54, 1.807) is 7.05 Å². The summed E-state index contributed by atoms with van der Waals surface area (Å²) in [4.78, 5) is 24.7. The Balaban J connectivity index is 1.90. The van der Waals surface area contributed by atoms with Gasteiger partial charge in [-0.15, -0.1) is 0 Å². The maximum Gasteiger partial charge on any atom is 0.306 e. The van der Waals surface area contributed by atoms with Gasteiger partial charge >= 0.3 is 5.97 Å². The summed E-state index contributed by atoms with van der Waals surface area (Å²) < 4.78 is 28.8. The number of sulfone groups is 1. The highest BCUT2D eigenvalue weighted by atomic mass is 32.2. The molecule has 0 unspecified atom stereocenters. The first-order chi connectivity index (χ1) is 9.27. The van der Waals surface area contributed by atoms with Crippen LogP contribution in [0, 0.1) is 5.41 Å². The van der Waals surface area contributed by atoms with Crippen molar-refractivity contribution < 1.29 is 22.7 Å². The van der Waals surface area contributed by atoms with Gasteiger partial charge in [-0.2, -0.15) is 0 Å². The lowest BCUT2D eigenvalue weighted by Crippen LogP contribution is -2.36. The van der Waals surface area contributed by atoms with Crippen LogP contribution < -0.4 is 0 Å². The summed E-state index contributed by atoms with van der Waals surface area (Å²) in [5, 5.41) is 0. The quantitative estimate of drug-likeness (QED) is 0.635. The van der Waals surface area contributed by atoms with Crippen LogP contribution in [0.2, 0.25) is 0 Å². The van der Waals surface area contributed by atoms with Crippen LogP contribution in [-0.4, -0.2) is 56.9 Å². The van der Waals surface area contributed by atoms with E-state index >= 15 is 0 Å². The highest BCUT2D eigenvalue weighted by Gasteiger charge is 2.48. The average molecular weight is 303 g/mol. The zero-order chi connectivity index (χ0) is 15.0. The van der Waals surface area contributed by atoms with Gasteiger partial charge in [0.15, 0.2) is 9.84 Å². The molecule has 6 nitrogen and oxygen atoms in total. The molecule has 0 aliphatic heterocycles. The predicted molar refractivity (Wildman–Crippen MR) is 72.7 cm³/mol. The third-order valence-electron chi connectivity index (χ3n) is 4.06. The van der Waals surface area contributed by atoms with E-state index in [1.165, 1.54) is 12.0 Å². The smallest absolute Gasteiger partial charge is 0.306 e. The third kappa shape index (κ3) is 3.94. The Hall–Kier alpha value is -1.11. The lowest BCUT2D eigenvalue weighted by atomic mass is 10.1. The molecule has 0 N–H and O–H groups in total. The second kappa shape index (κ2) is 5.35. The molecule has 2 aliphatic rings. The standard InChI is InChI=1S/C13H21NO5S/c1-14(10-3-4-10)11(15)8-20(17,18)9-13(5-6-13)7-12(16)19-2/h10H,3-9H2,1-2H3. The zero-order valence-corrected chi connectivity index (χ0v) is 12.7. The number of amides is 1. The molecule has 2 aliphatic carbocycles. The van der Waals surface area contributed by atoms with Crippen molar-refractivity contribution in [2.24, 2.45) is 5.41 Å². The molecule has 0 heterocycles. The highest BCUT2D eigenvalue weighted by molar-refractivity contribution is 7.92. The van der Waals surface area contributed by atoms with E-state index in [9.17, 15) is 18.0 Å². The molecule has 0 aromatic carbocycles. The lowest BCUT2D eigenvalue weighted by molar-refractivity contribution is -0.141. The molecule has 0 aromatic heterocycles. The number of esters is 1. The Morgan fingerprint density at radius 3 is 2.35 bits per heavy atom. The summed E-state index contributed by atoms with van der Waals surface area (Å²) in [7, 11) is -0.537. The Morgan fingerprint density at radius 2 is 1.90 bits per heavy atom. The van der Waals surface area contributed by atoms with Gasteiger partial charge in [0.05, 0.1) is 19.3 Å². The third-order valence-corrected chi connectivity index (χ3v) is 5.80. The van der Waals surface area contributed by atoms with Gasteiger partial charge in [0.2, 0.25) is 5.91 Å². The molecular weight excluding hydrogens is 282 g/mol. The van der Waals surface area contributed by atoms with Gasteiger partial charge in [0, 0.05) is 13.1 Å². The SMILES string of the molecule is COC(=O)CC1(CS(=O)(=O)CC(=O)N(C)C2CC2)CC1. The molecule has 2 fully saturated rings. The fraction of sp³-hybridized carbons (Fsp3) is 0.846. The average Bonchev–Trinajstić information content (AvgIpc) is 3.22. The topological polar surface area (TPSA) is 80.8 Å². The Morgan fingerprint density at radius 1 is 1.30 bits per heavy atom. The largest absolute Gasteiger partial charge is 0.469 e. The second-order valence-electron chi connectivity index (χ2n) is 6.02. The van der Waals surface area contributed by atoms with Crippen LogP contribution in [0.4, 0.5) is 0 Å². The number of carbonyl (C=O) groups is 2. The van der Waals surface area contributed by atoms with Crippen LogP contribution in [0.1, 0.15) is 32.1 Å². The zero-order valence-electron chi connectivity index (χ0n) is 11.9. The Kier molecular flexibility index (Phi) is 4.09. The first-order valence-corrected chi connectivity index (χ1v) is 8.62. The minimum Gasteiger partial charge on any atom is -0.469 e. The number of hydrogen-bond acceptors (Lipinski definition) is 5. The van der Waals surface area contributed by atoms with Crippen LogP contribution in [0.15, 0.2) is 0 Å². The van der Waals surface area contributed by atoms with Gasteiger partial charge in [-0.3, -0.25) is 9.59 Å². The first kappa shape index (κ1) is 15.3. The highest BCUT2D eigenvalue weighted by Crippen LogP contribution is 2.50. The van der Waals surface area contributed by atoms with Crippen LogP contribution >= 0.6 is 0 Å². The second-order valence-corrected chi connectivity index (χ2v) is 8.09. The predicted octanol–water partition coefficient (Wildman–Crippen LogP) is 0.365. The van der Waals surface area contributed by atoms with Crippen molar-refractivity contribution in [2.45, 2.75) is 38.1 Å². The van der Waals surface area contributed by atoms with Gasteiger partial charge in [-0.05, 0) is 31.1 Å². The van der Waals surface area contributed by atoms with E-state index in [0.29, 0.717) is 12.8 Å². The molecule has 0 radical (unpaired) electrons. The van der Waals surface area contributed by atoms with Crippen molar-refractivity contribution >= 4 is 21.7 Å². The van der Waals surface area contributed by atoms with Crippen molar-refractivity contribution in [2.75, 3.05) is 25.7 Å². The monoisotopic (exact) mass is 303 g/mol. The Labute approximate surface area is 119 Å². The number of carbonyl (C=O) groups excluding carboxylic acids is 2. The van der Waals surface area contributed by atoms with Gasteiger partial charge in [0.25, 0.3) is 0 Å². The van der Waals surface area contributed by atoms with E-state index in [2.05, 4.69) is 4.74 Å². The summed E-state index contributed by atoms with van der Waals surface area (Å²) in [6.45, 7) is 0. The molecule has 0 saturated heterocycles. The van der Waals surface area contributed by atoms with E-state index in [1.807, 2.05) is 0 Å². The van der Waals surface area contributed by atoms with Crippen molar-refractivity contribution in [3.8, 4) is 0 Å². The fourth-order valence-electron chi connectivity index (χ4n) is 2.40. The van der Waals surface area contributed by atoms with Crippen LogP contribution in [-0.2, 0) is 24.2 Å². The maximum atomic E-state index is 12.1. The van der Waals surface area contributed by atoms with Crippen molar-refractivity contribution in [3.63, 3.8) is 0 Å². The molecule has 0 spiro atoms. The molecule has 0 aromatic rings. The summed E-state index contributed by atoms with van der Waals surface area (Å²) in [6, 6.07) is 0.211. The fourth-order valence-corrected chi connectivity index (χ4v) is 4.41. The number of methoxy groups -OCH3 is 1. The van der Waals surface area contributed by atoms with Crippen LogP contribution in [0.3, 0.4) is 0 Å². The molecule has 0 atom stereocenters. The number of ether oxygens (including phenoxy) is 1. The van der Waals surface area contributed by atoms with Gasteiger partial charge in [-0.1, -0.05) is 0 Å².